The van der Waals surface area contributed by atoms with Gasteiger partial charge in [0.05, 0.1) is 5.69 Å². The second kappa shape index (κ2) is 6.02. The zero-order chi connectivity index (χ0) is 17.5. The SMILES string of the molecule is N#Cc1nccnc1N1CCC(c2nnc3ccc(C4CC4)nn23)CC1. The van der Waals surface area contributed by atoms with Crippen molar-refractivity contribution in [2.45, 2.75) is 37.5 Å². The number of nitriles is 1. The molecule has 5 rings (SSSR count). The summed E-state index contributed by atoms with van der Waals surface area (Å²) < 4.78 is 1.93. The maximum absolute atomic E-state index is 9.24. The lowest BCUT2D eigenvalue weighted by Crippen LogP contribution is -2.34. The van der Waals surface area contributed by atoms with E-state index in [-0.39, 0.29) is 0 Å². The van der Waals surface area contributed by atoms with Crippen molar-refractivity contribution in [2.75, 3.05) is 18.0 Å². The summed E-state index contributed by atoms with van der Waals surface area (Å²) in [5.41, 5.74) is 2.34. The van der Waals surface area contributed by atoms with Crippen molar-refractivity contribution < 1.29 is 0 Å². The Bertz CT molecular complexity index is 992. The third kappa shape index (κ3) is 2.56. The number of hydrogen-bond acceptors (Lipinski definition) is 7. The molecule has 2 fully saturated rings. The molecule has 4 heterocycles. The van der Waals surface area contributed by atoms with Crippen molar-refractivity contribution in [3.8, 4) is 6.07 Å². The van der Waals surface area contributed by atoms with Gasteiger partial charge in [-0.15, -0.1) is 10.2 Å². The normalized spacial score (nSPS) is 18.2. The molecule has 1 aliphatic heterocycles. The molecule has 0 N–H and O–H groups in total. The molecule has 1 saturated carbocycles. The lowest BCUT2D eigenvalue weighted by atomic mass is 9.96. The molecule has 0 bridgehead atoms. The minimum Gasteiger partial charge on any atom is -0.354 e. The molecule has 0 atom stereocenters. The molecule has 8 heteroatoms. The standard InChI is InChI=1S/C18H18N8/c19-11-15-18(21-8-7-20-15)25-9-5-13(6-10-25)17-23-22-16-4-3-14(12-1-2-12)24-26(16)17/h3-4,7-8,12-13H,1-2,5-6,9-10H2. The van der Waals surface area contributed by atoms with Crippen LogP contribution in [0.2, 0.25) is 0 Å². The Morgan fingerprint density at radius 1 is 0.962 bits per heavy atom. The van der Waals surface area contributed by atoms with Crippen LogP contribution in [0.1, 0.15) is 54.7 Å². The lowest BCUT2D eigenvalue weighted by molar-refractivity contribution is 0.474. The van der Waals surface area contributed by atoms with E-state index in [1.165, 1.54) is 12.8 Å². The van der Waals surface area contributed by atoms with Gasteiger partial charge in [0.15, 0.2) is 23.0 Å². The van der Waals surface area contributed by atoms with Crippen LogP contribution in [0.25, 0.3) is 5.65 Å². The van der Waals surface area contributed by atoms with Crippen LogP contribution in [0.5, 0.6) is 0 Å². The molecule has 0 aromatic carbocycles. The molecular weight excluding hydrogens is 328 g/mol. The maximum atomic E-state index is 9.24. The van der Waals surface area contributed by atoms with Gasteiger partial charge in [-0.25, -0.2) is 9.97 Å². The molecule has 0 unspecified atom stereocenters. The predicted octanol–water partition coefficient (Wildman–Crippen LogP) is 2.05. The summed E-state index contributed by atoms with van der Waals surface area (Å²) >= 11 is 0. The average molecular weight is 346 g/mol. The average Bonchev–Trinajstić information content (AvgIpc) is 3.47. The minimum absolute atomic E-state index is 0.311. The highest BCUT2D eigenvalue weighted by atomic mass is 15.4. The smallest absolute Gasteiger partial charge is 0.183 e. The monoisotopic (exact) mass is 346 g/mol. The van der Waals surface area contributed by atoms with Crippen molar-refractivity contribution in [1.82, 2.24) is 29.8 Å². The van der Waals surface area contributed by atoms with Crippen molar-refractivity contribution in [1.29, 1.82) is 5.26 Å². The van der Waals surface area contributed by atoms with Gasteiger partial charge >= 0.3 is 0 Å². The lowest BCUT2D eigenvalue weighted by Gasteiger charge is -2.31. The van der Waals surface area contributed by atoms with Gasteiger partial charge in [-0.1, -0.05) is 0 Å². The van der Waals surface area contributed by atoms with Crippen LogP contribution in [0, 0.1) is 11.3 Å². The first-order chi connectivity index (χ1) is 12.8. The molecule has 2 aliphatic rings. The summed E-state index contributed by atoms with van der Waals surface area (Å²) in [6, 6.07) is 6.22. The van der Waals surface area contributed by atoms with E-state index >= 15 is 0 Å². The fourth-order valence-corrected chi connectivity index (χ4v) is 3.66. The summed E-state index contributed by atoms with van der Waals surface area (Å²) in [5.74, 6) is 2.54. The van der Waals surface area contributed by atoms with Gasteiger partial charge in [-0.05, 0) is 37.8 Å². The topological polar surface area (TPSA) is 95.9 Å². The number of rotatable bonds is 3. The molecule has 26 heavy (non-hydrogen) atoms. The number of aromatic nitrogens is 6. The van der Waals surface area contributed by atoms with E-state index < -0.39 is 0 Å². The van der Waals surface area contributed by atoms with Gasteiger partial charge in [-0.2, -0.15) is 14.9 Å². The van der Waals surface area contributed by atoms with E-state index in [1.807, 2.05) is 10.6 Å². The van der Waals surface area contributed by atoms with Crippen molar-refractivity contribution in [3.63, 3.8) is 0 Å². The van der Waals surface area contributed by atoms with E-state index in [0.29, 0.717) is 23.3 Å². The van der Waals surface area contributed by atoms with Gasteiger partial charge in [0.1, 0.15) is 6.07 Å². The maximum Gasteiger partial charge on any atom is 0.183 e. The Kier molecular flexibility index (Phi) is 3.52. The summed E-state index contributed by atoms with van der Waals surface area (Å²) in [4.78, 5) is 10.6. The van der Waals surface area contributed by atoms with Crippen LogP contribution in [-0.4, -0.2) is 42.9 Å². The van der Waals surface area contributed by atoms with Crippen LogP contribution in [0.4, 0.5) is 5.82 Å². The van der Waals surface area contributed by atoms with Crippen LogP contribution < -0.4 is 4.90 Å². The summed E-state index contributed by atoms with van der Waals surface area (Å²) in [5, 5.41) is 22.7. The van der Waals surface area contributed by atoms with Gasteiger partial charge in [-0.3, -0.25) is 0 Å². The summed E-state index contributed by atoms with van der Waals surface area (Å²) in [7, 11) is 0. The largest absolute Gasteiger partial charge is 0.354 e. The first-order valence-electron chi connectivity index (χ1n) is 9.02. The summed E-state index contributed by atoms with van der Waals surface area (Å²) in [6.07, 6.45) is 7.51. The zero-order valence-corrected chi connectivity index (χ0v) is 14.3. The quantitative estimate of drug-likeness (QED) is 0.716. The number of fused-ring (bicyclic) bond motifs is 1. The van der Waals surface area contributed by atoms with E-state index in [2.05, 4.69) is 37.2 Å². The van der Waals surface area contributed by atoms with Gasteiger partial charge in [0.25, 0.3) is 0 Å². The third-order valence-corrected chi connectivity index (χ3v) is 5.25. The molecule has 3 aromatic heterocycles. The minimum atomic E-state index is 0.311. The van der Waals surface area contributed by atoms with Crippen molar-refractivity contribution in [3.05, 3.63) is 41.7 Å². The van der Waals surface area contributed by atoms with Gasteiger partial charge in [0.2, 0.25) is 0 Å². The molecule has 0 radical (unpaired) electrons. The first kappa shape index (κ1) is 15.2. The Morgan fingerprint density at radius 3 is 2.54 bits per heavy atom. The molecule has 0 spiro atoms. The number of anilines is 1. The highest BCUT2D eigenvalue weighted by Crippen LogP contribution is 2.39. The number of hydrogen-bond donors (Lipinski definition) is 0. The Balaban J connectivity index is 1.38. The fraction of sp³-hybridized carbons (Fsp3) is 0.444. The van der Waals surface area contributed by atoms with E-state index in [1.54, 1.807) is 12.4 Å². The Hall–Kier alpha value is -3.08. The molecule has 1 aliphatic carbocycles. The molecule has 0 amide bonds. The molecule has 130 valence electrons. The second-order valence-electron chi connectivity index (χ2n) is 6.96. The third-order valence-electron chi connectivity index (χ3n) is 5.25. The van der Waals surface area contributed by atoms with Crippen LogP contribution in [-0.2, 0) is 0 Å². The second-order valence-corrected chi connectivity index (χ2v) is 6.96. The van der Waals surface area contributed by atoms with E-state index in [0.717, 1.165) is 43.1 Å². The Labute approximate surface area is 150 Å². The van der Waals surface area contributed by atoms with Crippen LogP contribution in [0.3, 0.4) is 0 Å². The van der Waals surface area contributed by atoms with Crippen molar-refractivity contribution in [2.24, 2.45) is 0 Å². The summed E-state index contributed by atoms with van der Waals surface area (Å²) in [6.45, 7) is 1.63. The number of nitrogens with zero attached hydrogens (tertiary/aromatic N) is 8. The highest BCUT2D eigenvalue weighted by Gasteiger charge is 2.29. The predicted molar refractivity (Wildman–Crippen MR) is 93.7 cm³/mol. The van der Waals surface area contributed by atoms with Gasteiger partial charge in [0, 0.05) is 37.3 Å². The van der Waals surface area contributed by atoms with Crippen LogP contribution >= 0.6 is 0 Å². The van der Waals surface area contributed by atoms with Crippen LogP contribution in [0.15, 0.2) is 24.5 Å². The highest BCUT2D eigenvalue weighted by molar-refractivity contribution is 5.50. The van der Waals surface area contributed by atoms with E-state index in [9.17, 15) is 5.26 Å². The fourth-order valence-electron chi connectivity index (χ4n) is 3.66. The first-order valence-corrected chi connectivity index (χ1v) is 9.02. The van der Waals surface area contributed by atoms with Gasteiger partial charge < -0.3 is 4.90 Å². The molecule has 1 saturated heterocycles. The zero-order valence-electron chi connectivity index (χ0n) is 14.3. The van der Waals surface area contributed by atoms with Crippen molar-refractivity contribution >= 4 is 11.5 Å². The molecule has 8 nitrogen and oxygen atoms in total. The molecule has 3 aromatic rings. The molecular formula is C18H18N8. The number of piperidine rings is 1. The Morgan fingerprint density at radius 2 is 1.77 bits per heavy atom. The van der Waals surface area contributed by atoms with E-state index in [4.69, 9.17) is 5.10 Å².